The van der Waals surface area contributed by atoms with Gasteiger partial charge in [0.1, 0.15) is 11.8 Å². The zero-order chi connectivity index (χ0) is 14.8. The Morgan fingerprint density at radius 1 is 1.24 bits per heavy atom. The topological polar surface area (TPSA) is 68.9 Å². The molecule has 0 saturated heterocycles. The lowest BCUT2D eigenvalue weighted by Crippen LogP contribution is -2.23. The van der Waals surface area contributed by atoms with E-state index in [-0.39, 0.29) is 0 Å². The van der Waals surface area contributed by atoms with E-state index >= 15 is 0 Å². The van der Waals surface area contributed by atoms with Crippen LogP contribution < -0.4 is 10.7 Å². The molecule has 0 radical (unpaired) electrons. The van der Waals surface area contributed by atoms with Gasteiger partial charge in [-0.3, -0.25) is 5.73 Å². The largest absolute Gasteiger partial charge is 0.351 e. The van der Waals surface area contributed by atoms with Crippen LogP contribution in [-0.4, -0.2) is 4.57 Å². The molecule has 0 fully saturated rings. The van der Waals surface area contributed by atoms with Crippen molar-refractivity contribution in [3.63, 3.8) is 0 Å². The Bertz CT molecular complexity index is 706. The van der Waals surface area contributed by atoms with E-state index in [1.165, 1.54) is 36.9 Å². The quantitative estimate of drug-likeness (QED) is 0.873. The molecule has 4 nitrogen and oxygen atoms in total. The molecular weight excluding hydrogens is 260 g/mol. The predicted octanol–water partition coefficient (Wildman–Crippen LogP) is 2.62. The molecule has 0 atom stereocenters. The Morgan fingerprint density at radius 2 is 2.00 bits per heavy atom. The van der Waals surface area contributed by atoms with Gasteiger partial charge in [0.15, 0.2) is 5.56 Å². The first-order valence-electron chi connectivity index (χ1n) is 7.60. The molecule has 0 unspecified atom stereocenters. The molecule has 0 aliphatic heterocycles. The Morgan fingerprint density at radius 3 is 2.67 bits per heavy atom. The van der Waals surface area contributed by atoms with Gasteiger partial charge in [-0.2, -0.15) is 5.26 Å². The molecule has 1 aliphatic carbocycles. The van der Waals surface area contributed by atoms with Gasteiger partial charge in [-0.05, 0) is 31.4 Å². The van der Waals surface area contributed by atoms with Gasteiger partial charge in [0.25, 0.3) is 5.82 Å². The highest BCUT2D eigenvalue weighted by Gasteiger charge is 2.24. The molecule has 0 aromatic carbocycles. The van der Waals surface area contributed by atoms with E-state index in [0.29, 0.717) is 11.4 Å². The van der Waals surface area contributed by atoms with E-state index in [9.17, 15) is 5.26 Å². The fourth-order valence-electron chi connectivity index (χ4n) is 3.30. The highest BCUT2D eigenvalue weighted by Crippen LogP contribution is 2.33. The van der Waals surface area contributed by atoms with E-state index in [2.05, 4.69) is 21.7 Å². The number of pyridine rings is 1. The molecule has 3 N–H and O–H groups in total. The molecule has 0 amide bonds. The molecule has 2 aromatic heterocycles. The summed E-state index contributed by atoms with van der Waals surface area (Å²) in [5, 5.41) is 9.56. The average Bonchev–Trinajstić information content (AvgIpc) is 2.86. The van der Waals surface area contributed by atoms with Crippen LogP contribution in [0.4, 0.5) is 5.82 Å². The predicted molar refractivity (Wildman–Crippen MR) is 82.4 cm³/mol. The van der Waals surface area contributed by atoms with Crippen molar-refractivity contribution in [2.24, 2.45) is 7.05 Å². The van der Waals surface area contributed by atoms with Crippen molar-refractivity contribution in [1.82, 2.24) is 4.57 Å². The molecular formula is C17H21N4+. The molecule has 0 bridgehead atoms. The molecule has 108 valence electrons. The summed E-state index contributed by atoms with van der Waals surface area (Å²) in [5.41, 5.74) is 11.3. The van der Waals surface area contributed by atoms with E-state index in [1.807, 2.05) is 19.3 Å². The smallest absolute Gasteiger partial charge is 0.289 e. The number of fused-ring (bicyclic) bond motifs is 1. The van der Waals surface area contributed by atoms with E-state index in [0.717, 1.165) is 24.1 Å². The number of aromatic amines is 1. The van der Waals surface area contributed by atoms with Crippen LogP contribution in [0.15, 0.2) is 18.3 Å². The maximum absolute atomic E-state index is 9.56. The molecule has 0 saturated carbocycles. The lowest BCUT2D eigenvalue weighted by molar-refractivity contribution is -0.374. The van der Waals surface area contributed by atoms with Crippen molar-refractivity contribution in [1.29, 1.82) is 5.26 Å². The summed E-state index contributed by atoms with van der Waals surface area (Å²) in [6, 6.07) is 6.37. The van der Waals surface area contributed by atoms with Gasteiger partial charge in [-0.15, -0.1) is 0 Å². The van der Waals surface area contributed by atoms with Gasteiger partial charge in [0.2, 0.25) is 0 Å². The lowest BCUT2D eigenvalue weighted by Gasteiger charge is -2.17. The zero-order valence-electron chi connectivity index (χ0n) is 12.4. The van der Waals surface area contributed by atoms with Gasteiger partial charge in [-0.25, -0.2) is 4.98 Å². The number of nitrogens with one attached hydrogen (secondary N) is 1. The van der Waals surface area contributed by atoms with Crippen molar-refractivity contribution in [2.45, 2.75) is 38.5 Å². The summed E-state index contributed by atoms with van der Waals surface area (Å²) < 4.78 is 2.06. The SMILES string of the molecule is Cn1cccc1-c1c(C#N)c(N)[nH+]c2c1CCCCCC2. The zero-order valence-corrected chi connectivity index (χ0v) is 12.4. The summed E-state index contributed by atoms with van der Waals surface area (Å²) in [5.74, 6) is 0.494. The normalized spacial score (nSPS) is 14.9. The molecule has 2 aromatic rings. The Hall–Kier alpha value is -2.28. The van der Waals surface area contributed by atoms with Crippen LogP contribution in [-0.2, 0) is 19.9 Å². The van der Waals surface area contributed by atoms with Crippen LogP contribution in [0.5, 0.6) is 0 Å². The van der Waals surface area contributed by atoms with Crippen LogP contribution in [0.3, 0.4) is 0 Å². The molecule has 21 heavy (non-hydrogen) atoms. The second-order valence-corrected chi connectivity index (χ2v) is 5.78. The molecule has 4 heteroatoms. The molecule has 2 heterocycles. The number of hydrogen-bond acceptors (Lipinski definition) is 2. The van der Waals surface area contributed by atoms with Gasteiger partial charge in [0.05, 0.1) is 0 Å². The third-order valence-corrected chi connectivity index (χ3v) is 4.39. The van der Waals surface area contributed by atoms with Crippen LogP contribution in [0.1, 0.15) is 42.5 Å². The van der Waals surface area contributed by atoms with Crippen molar-refractivity contribution in [2.75, 3.05) is 5.73 Å². The van der Waals surface area contributed by atoms with Crippen LogP contribution in [0, 0.1) is 11.3 Å². The van der Waals surface area contributed by atoms with Crippen molar-refractivity contribution in [3.8, 4) is 17.3 Å². The number of nitrogen functional groups attached to an aromatic ring is 1. The summed E-state index contributed by atoms with van der Waals surface area (Å²) in [6.07, 6.45) is 8.93. The number of anilines is 1. The van der Waals surface area contributed by atoms with E-state index in [4.69, 9.17) is 5.73 Å². The molecule has 3 rings (SSSR count). The number of nitrogens with two attached hydrogens (primary N) is 1. The first-order chi connectivity index (χ1) is 10.2. The second kappa shape index (κ2) is 5.61. The Kier molecular flexibility index (Phi) is 3.66. The van der Waals surface area contributed by atoms with Crippen LogP contribution in [0.2, 0.25) is 0 Å². The lowest BCUT2D eigenvalue weighted by atomic mass is 9.90. The van der Waals surface area contributed by atoms with Crippen LogP contribution >= 0.6 is 0 Å². The molecule has 1 aliphatic rings. The summed E-state index contributed by atoms with van der Waals surface area (Å²) in [4.78, 5) is 3.28. The minimum absolute atomic E-state index is 0.494. The van der Waals surface area contributed by atoms with Crippen molar-refractivity contribution >= 4 is 5.82 Å². The number of hydrogen-bond donors (Lipinski definition) is 1. The number of H-pyrrole nitrogens is 1. The van der Waals surface area contributed by atoms with Crippen molar-refractivity contribution < 1.29 is 4.98 Å². The average molecular weight is 281 g/mol. The van der Waals surface area contributed by atoms with Gasteiger partial charge in [-0.1, -0.05) is 12.8 Å². The highest BCUT2D eigenvalue weighted by atomic mass is 14.9. The maximum atomic E-state index is 9.56. The first kappa shape index (κ1) is 13.7. The number of nitrogens with zero attached hydrogens (tertiary/aromatic N) is 2. The Balaban J connectivity index is 2.29. The van der Waals surface area contributed by atoms with Crippen molar-refractivity contribution in [3.05, 3.63) is 35.2 Å². The fourth-order valence-corrected chi connectivity index (χ4v) is 3.30. The summed E-state index contributed by atoms with van der Waals surface area (Å²) >= 11 is 0. The van der Waals surface area contributed by atoms with E-state index in [1.54, 1.807) is 0 Å². The standard InChI is InChI=1S/C17H20N4/c1-21-10-6-9-15(21)16-12-7-4-2-3-5-8-14(12)20-17(19)13(16)11-18/h6,9-10H,2-5,7-8H2,1H3,(H2,19,20)/p+1. The fraction of sp³-hybridized carbons (Fsp3) is 0.412. The van der Waals surface area contributed by atoms with Gasteiger partial charge in [0, 0.05) is 36.5 Å². The maximum Gasteiger partial charge on any atom is 0.289 e. The summed E-state index contributed by atoms with van der Waals surface area (Å²) in [7, 11) is 2.01. The van der Waals surface area contributed by atoms with Crippen LogP contribution in [0.25, 0.3) is 11.3 Å². The first-order valence-corrected chi connectivity index (χ1v) is 7.60. The number of nitriles is 1. The minimum Gasteiger partial charge on any atom is -0.351 e. The van der Waals surface area contributed by atoms with Gasteiger partial charge >= 0.3 is 0 Å². The number of aromatic nitrogens is 2. The summed E-state index contributed by atoms with van der Waals surface area (Å²) in [6.45, 7) is 0. The Labute approximate surface area is 125 Å². The minimum atomic E-state index is 0.494. The second-order valence-electron chi connectivity index (χ2n) is 5.78. The third kappa shape index (κ3) is 2.40. The number of rotatable bonds is 1. The monoisotopic (exact) mass is 281 g/mol. The highest BCUT2D eigenvalue weighted by molar-refractivity contribution is 5.76. The third-order valence-electron chi connectivity index (χ3n) is 4.39. The van der Waals surface area contributed by atoms with Gasteiger partial charge < -0.3 is 4.57 Å². The molecule has 0 spiro atoms. The number of aryl methyl sites for hydroxylation is 2. The van der Waals surface area contributed by atoms with E-state index < -0.39 is 0 Å².